The number of likely N-dealkylation sites (N-methyl/N-ethyl adjacent to an activating group) is 1. The fraction of sp³-hybridized carbons (Fsp3) is 0.353. The SMILES string of the molecule is COc1ccc2c(c1)C(N)C(N(C)Cc1ccncc1)C2. The molecule has 1 aliphatic rings. The van der Waals surface area contributed by atoms with Gasteiger partial charge in [0.25, 0.3) is 0 Å². The number of nitrogens with zero attached hydrogens (tertiary/aromatic N) is 2. The van der Waals surface area contributed by atoms with Gasteiger partial charge in [0.05, 0.1) is 7.11 Å². The van der Waals surface area contributed by atoms with E-state index in [2.05, 4.69) is 29.1 Å². The van der Waals surface area contributed by atoms with Gasteiger partial charge in [0.2, 0.25) is 0 Å². The minimum atomic E-state index is 0.0296. The van der Waals surface area contributed by atoms with Gasteiger partial charge in [-0.3, -0.25) is 9.88 Å². The average molecular weight is 283 g/mol. The molecule has 2 unspecified atom stereocenters. The molecule has 2 aromatic rings. The lowest BCUT2D eigenvalue weighted by atomic mass is 10.1. The second-order valence-corrected chi connectivity index (χ2v) is 5.63. The maximum absolute atomic E-state index is 6.46. The number of ether oxygens (including phenoxy) is 1. The maximum Gasteiger partial charge on any atom is 0.119 e. The summed E-state index contributed by atoms with van der Waals surface area (Å²) in [6, 6.07) is 10.7. The van der Waals surface area contributed by atoms with Crippen LogP contribution < -0.4 is 10.5 Å². The van der Waals surface area contributed by atoms with Crippen molar-refractivity contribution in [1.82, 2.24) is 9.88 Å². The van der Waals surface area contributed by atoms with Crippen LogP contribution in [0.5, 0.6) is 5.75 Å². The first-order valence-corrected chi connectivity index (χ1v) is 7.20. The van der Waals surface area contributed by atoms with Crippen LogP contribution in [0.15, 0.2) is 42.7 Å². The van der Waals surface area contributed by atoms with Gasteiger partial charge in [0.15, 0.2) is 0 Å². The molecule has 0 saturated carbocycles. The van der Waals surface area contributed by atoms with Crippen molar-refractivity contribution >= 4 is 0 Å². The van der Waals surface area contributed by atoms with E-state index in [9.17, 15) is 0 Å². The van der Waals surface area contributed by atoms with Gasteiger partial charge in [0.1, 0.15) is 5.75 Å². The molecule has 0 saturated heterocycles. The second kappa shape index (κ2) is 5.84. The quantitative estimate of drug-likeness (QED) is 0.934. The van der Waals surface area contributed by atoms with Crippen LogP contribution in [-0.2, 0) is 13.0 Å². The third-order valence-corrected chi connectivity index (χ3v) is 4.30. The van der Waals surface area contributed by atoms with Crippen molar-refractivity contribution in [3.63, 3.8) is 0 Å². The lowest BCUT2D eigenvalue weighted by Crippen LogP contribution is -2.37. The minimum absolute atomic E-state index is 0.0296. The first-order valence-electron chi connectivity index (χ1n) is 7.20. The van der Waals surface area contributed by atoms with Crippen molar-refractivity contribution in [3.8, 4) is 5.75 Å². The van der Waals surface area contributed by atoms with Gasteiger partial charge >= 0.3 is 0 Å². The molecule has 1 aromatic carbocycles. The molecule has 0 fully saturated rings. The van der Waals surface area contributed by atoms with Crippen LogP contribution in [0.2, 0.25) is 0 Å². The Balaban J connectivity index is 1.76. The van der Waals surface area contributed by atoms with Crippen molar-refractivity contribution in [2.75, 3.05) is 14.2 Å². The maximum atomic E-state index is 6.46. The summed E-state index contributed by atoms with van der Waals surface area (Å²) in [5, 5.41) is 0. The monoisotopic (exact) mass is 283 g/mol. The van der Waals surface area contributed by atoms with Crippen molar-refractivity contribution in [1.29, 1.82) is 0 Å². The highest BCUT2D eigenvalue weighted by Crippen LogP contribution is 2.35. The molecular formula is C17H21N3O. The molecular weight excluding hydrogens is 262 g/mol. The van der Waals surface area contributed by atoms with Gasteiger partial charge in [-0.15, -0.1) is 0 Å². The number of aromatic nitrogens is 1. The molecule has 2 atom stereocenters. The highest BCUT2D eigenvalue weighted by atomic mass is 16.5. The van der Waals surface area contributed by atoms with Crippen LogP contribution in [0.4, 0.5) is 0 Å². The van der Waals surface area contributed by atoms with Crippen molar-refractivity contribution in [3.05, 3.63) is 59.4 Å². The zero-order chi connectivity index (χ0) is 14.8. The van der Waals surface area contributed by atoms with Gasteiger partial charge < -0.3 is 10.5 Å². The average Bonchev–Trinajstić information content (AvgIpc) is 2.85. The largest absolute Gasteiger partial charge is 0.497 e. The number of methoxy groups -OCH3 is 1. The lowest BCUT2D eigenvalue weighted by molar-refractivity contribution is 0.214. The van der Waals surface area contributed by atoms with Gasteiger partial charge in [0, 0.05) is 31.0 Å². The summed E-state index contributed by atoms with van der Waals surface area (Å²) in [7, 11) is 3.82. The first kappa shape index (κ1) is 14.0. The van der Waals surface area contributed by atoms with Crippen LogP contribution in [0.1, 0.15) is 22.7 Å². The van der Waals surface area contributed by atoms with Crippen molar-refractivity contribution in [2.45, 2.75) is 25.0 Å². The highest BCUT2D eigenvalue weighted by molar-refractivity contribution is 5.42. The Morgan fingerprint density at radius 1 is 1.29 bits per heavy atom. The first-order chi connectivity index (χ1) is 10.2. The molecule has 0 aliphatic heterocycles. The van der Waals surface area contributed by atoms with E-state index < -0.39 is 0 Å². The van der Waals surface area contributed by atoms with Crippen LogP contribution >= 0.6 is 0 Å². The predicted molar refractivity (Wildman–Crippen MR) is 83.1 cm³/mol. The second-order valence-electron chi connectivity index (χ2n) is 5.63. The zero-order valence-electron chi connectivity index (χ0n) is 12.5. The van der Waals surface area contributed by atoms with Gasteiger partial charge in [-0.05, 0) is 54.4 Å². The summed E-state index contributed by atoms with van der Waals surface area (Å²) in [5.41, 5.74) is 10.3. The summed E-state index contributed by atoms with van der Waals surface area (Å²) in [6.45, 7) is 0.881. The van der Waals surface area contributed by atoms with E-state index >= 15 is 0 Å². The molecule has 0 radical (unpaired) electrons. The van der Waals surface area contributed by atoms with E-state index in [4.69, 9.17) is 10.5 Å². The molecule has 110 valence electrons. The highest BCUT2D eigenvalue weighted by Gasteiger charge is 2.32. The molecule has 2 N–H and O–H groups in total. The molecule has 4 nitrogen and oxygen atoms in total. The third kappa shape index (κ3) is 2.77. The fourth-order valence-corrected chi connectivity index (χ4v) is 3.08. The standard InChI is InChI=1S/C17H21N3O/c1-20(11-12-5-7-19-8-6-12)16-9-13-3-4-14(21-2)10-15(13)17(16)18/h3-8,10,16-17H,9,11,18H2,1-2H3. The van der Waals surface area contributed by atoms with Crippen LogP contribution in [0.3, 0.4) is 0 Å². The normalized spacial score (nSPS) is 20.6. The van der Waals surface area contributed by atoms with E-state index in [-0.39, 0.29) is 6.04 Å². The van der Waals surface area contributed by atoms with E-state index in [0.717, 1.165) is 18.7 Å². The molecule has 1 aromatic heterocycles. The Morgan fingerprint density at radius 3 is 2.76 bits per heavy atom. The number of nitrogens with two attached hydrogens (primary N) is 1. The lowest BCUT2D eigenvalue weighted by Gasteiger charge is -2.28. The molecule has 3 rings (SSSR count). The summed E-state index contributed by atoms with van der Waals surface area (Å²) in [5.74, 6) is 0.877. The smallest absolute Gasteiger partial charge is 0.119 e. The van der Waals surface area contributed by atoms with E-state index in [1.807, 2.05) is 30.6 Å². The molecule has 0 bridgehead atoms. The minimum Gasteiger partial charge on any atom is -0.497 e. The summed E-state index contributed by atoms with van der Waals surface area (Å²) in [6.07, 6.45) is 4.65. The van der Waals surface area contributed by atoms with Gasteiger partial charge in [-0.2, -0.15) is 0 Å². The number of fused-ring (bicyclic) bond motifs is 1. The Bertz CT molecular complexity index is 615. The van der Waals surface area contributed by atoms with Crippen LogP contribution in [-0.4, -0.2) is 30.1 Å². The summed E-state index contributed by atoms with van der Waals surface area (Å²) in [4.78, 5) is 6.39. The van der Waals surface area contributed by atoms with E-state index in [1.165, 1.54) is 16.7 Å². The van der Waals surface area contributed by atoms with Crippen molar-refractivity contribution < 1.29 is 4.74 Å². The van der Waals surface area contributed by atoms with Gasteiger partial charge in [-0.1, -0.05) is 6.07 Å². The van der Waals surface area contributed by atoms with E-state index in [0.29, 0.717) is 6.04 Å². The Morgan fingerprint density at radius 2 is 2.05 bits per heavy atom. The number of hydrogen-bond donors (Lipinski definition) is 1. The predicted octanol–water partition coefficient (Wildman–Crippen LogP) is 2.15. The Hall–Kier alpha value is -1.91. The van der Waals surface area contributed by atoms with Gasteiger partial charge in [-0.25, -0.2) is 0 Å². The Kier molecular flexibility index (Phi) is 3.90. The third-order valence-electron chi connectivity index (χ3n) is 4.30. The van der Waals surface area contributed by atoms with Crippen LogP contribution in [0, 0.1) is 0 Å². The molecule has 0 amide bonds. The zero-order valence-corrected chi connectivity index (χ0v) is 12.5. The number of rotatable bonds is 4. The molecule has 1 aliphatic carbocycles. The molecule has 0 spiro atoms. The molecule has 1 heterocycles. The molecule has 21 heavy (non-hydrogen) atoms. The summed E-state index contributed by atoms with van der Waals surface area (Å²) < 4.78 is 5.30. The van der Waals surface area contributed by atoms with E-state index in [1.54, 1.807) is 7.11 Å². The fourth-order valence-electron chi connectivity index (χ4n) is 3.08. The number of pyridine rings is 1. The number of hydrogen-bond acceptors (Lipinski definition) is 4. The van der Waals surface area contributed by atoms with Crippen LogP contribution in [0.25, 0.3) is 0 Å². The van der Waals surface area contributed by atoms with Crippen molar-refractivity contribution in [2.24, 2.45) is 5.73 Å². The molecule has 4 heteroatoms. The summed E-state index contributed by atoms with van der Waals surface area (Å²) >= 11 is 0. The Labute approximate surface area is 125 Å². The number of benzene rings is 1. The topological polar surface area (TPSA) is 51.4 Å².